The smallest absolute Gasteiger partial charge is 0.246 e. The summed E-state index contributed by atoms with van der Waals surface area (Å²) in [4.78, 5) is 4.29. The minimum Gasteiger partial charge on any atom is -0.378 e. The van der Waals surface area contributed by atoms with Gasteiger partial charge in [0.2, 0.25) is 11.7 Å². The van der Waals surface area contributed by atoms with Crippen molar-refractivity contribution in [2.75, 3.05) is 19.8 Å². The van der Waals surface area contributed by atoms with Crippen LogP contribution in [0.2, 0.25) is 0 Å². The number of halogens is 1. The molecule has 6 heteroatoms. The molecule has 18 heavy (non-hydrogen) atoms. The Hall–Kier alpha value is -1.79. The second-order valence-electron chi connectivity index (χ2n) is 4.04. The molecule has 0 bridgehead atoms. The molecule has 5 nitrogen and oxygen atoms in total. The van der Waals surface area contributed by atoms with Gasteiger partial charge in [-0.25, -0.2) is 4.39 Å². The molecule has 94 valence electrons. The first-order chi connectivity index (χ1) is 8.83. The van der Waals surface area contributed by atoms with E-state index in [1.807, 2.05) is 0 Å². The lowest BCUT2D eigenvalue weighted by atomic mass is 10.2. The Morgan fingerprint density at radius 3 is 2.83 bits per heavy atom. The van der Waals surface area contributed by atoms with Crippen molar-refractivity contribution in [2.45, 2.75) is 6.04 Å². The number of morpholine rings is 1. The van der Waals surface area contributed by atoms with Crippen LogP contribution in [0.3, 0.4) is 0 Å². The molecule has 0 amide bonds. The van der Waals surface area contributed by atoms with Crippen molar-refractivity contribution in [1.82, 2.24) is 15.5 Å². The Morgan fingerprint density at radius 2 is 2.11 bits per heavy atom. The fourth-order valence-corrected chi connectivity index (χ4v) is 1.82. The van der Waals surface area contributed by atoms with E-state index in [9.17, 15) is 4.39 Å². The summed E-state index contributed by atoms with van der Waals surface area (Å²) in [6, 6.07) is 5.91. The third-order valence-electron chi connectivity index (χ3n) is 2.76. The van der Waals surface area contributed by atoms with Crippen molar-refractivity contribution in [3.63, 3.8) is 0 Å². The molecule has 1 N–H and O–H groups in total. The molecule has 3 rings (SSSR count). The van der Waals surface area contributed by atoms with Crippen molar-refractivity contribution >= 4 is 0 Å². The molecule has 0 saturated carbocycles. The van der Waals surface area contributed by atoms with Crippen LogP contribution in [-0.4, -0.2) is 29.9 Å². The molecule has 0 spiro atoms. The summed E-state index contributed by atoms with van der Waals surface area (Å²) in [5.41, 5.74) is 0.725. The van der Waals surface area contributed by atoms with Gasteiger partial charge < -0.3 is 14.6 Å². The molecule has 2 aromatic rings. The summed E-state index contributed by atoms with van der Waals surface area (Å²) >= 11 is 0. The zero-order valence-corrected chi connectivity index (χ0v) is 9.60. The van der Waals surface area contributed by atoms with Gasteiger partial charge in [0.05, 0.1) is 13.2 Å². The van der Waals surface area contributed by atoms with Gasteiger partial charge in [-0.2, -0.15) is 4.98 Å². The van der Waals surface area contributed by atoms with E-state index < -0.39 is 0 Å². The van der Waals surface area contributed by atoms with Crippen LogP contribution in [0.4, 0.5) is 4.39 Å². The first-order valence-electron chi connectivity index (χ1n) is 5.73. The minimum atomic E-state index is -0.287. The lowest BCUT2D eigenvalue weighted by Gasteiger charge is -2.20. The number of rotatable bonds is 2. The predicted molar refractivity (Wildman–Crippen MR) is 61.3 cm³/mol. The zero-order valence-electron chi connectivity index (χ0n) is 9.60. The van der Waals surface area contributed by atoms with Crippen LogP contribution in [0, 0.1) is 5.82 Å². The summed E-state index contributed by atoms with van der Waals surface area (Å²) in [6.45, 7) is 1.97. The van der Waals surface area contributed by atoms with E-state index in [-0.39, 0.29) is 11.9 Å². The number of hydrogen-bond donors (Lipinski definition) is 1. The SMILES string of the molecule is Fc1ccc(-c2noc(C3COCCN3)n2)cc1. The van der Waals surface area contributed by atoms with E-state index in [4.69, 9.17) is 9.26 Å². The maximum absolute atomic E-state index is 12.8. The van der Waals surface area contributed by atoms with Crippen LogP contribution in [-0.2, 0) is 4.74 Å². The number of benzene rings is 1. The highest BCUT2D eigenvalue weighted by Gasteiger charge is 2.21. The van der Waals surface area contributed by atoms with Crippen LogP contribution in [0.25, 0.3) is 11.4 Å². The average molecular weight is 249 g/mol. The Morgan fingerprint density at radius 1 is 1.28 bits per heavy atom. The lowest BCUT2D eigenvalue weighted by Crippen LogP contribution is -2.34. The van der Waals surface area contributed by atoms with Crippen molar-refractivity contribution in [2.24, 2.45) is 0 Å². The fraction of sp³-hybridized carbons (Fsp3) is 0.333. The van der Waals surface area contributed by atoms with Crippen LogP contribution >= 0.6 is 0 Å². The van der Waals surface area contributed by atoms with E-state index in [1.54, 1.807) is 12.1 Å². The Kier molecular flexibility index (Phi) is 3.04. The Bertz CT molecular complexity index is 520. The highest BCUT2D eigenvalue weighted by Crippen LogP contribution is 2.20. The topological polar surface area (TPSA) is 60.2 Å². The molecule has 1 unspecified atom stereocenters. The van der Waals surface area contributed by atoms with Crippen LogP contribution in [0.1, 0.15) is 11.9 Å². The van der Waals surface area contributed by atoms with Gasteiger partial charge >= 0.3 is 0 Å². The van der Waals surface area contributed by atoms with E-state index in [1.165, 1.54) is 12.1 Å². The molecule has 1 aliphatic heterocycles. The number of hydrogen-bond acceptors (Lipinski definition) is 5. The highest BCUT2D eigenvalue weighted by molar-refractivity contribution is 5.53. The lowest BCUT2D eigenvalue weighted by molar-refractivity contribution is 0.0659. The van der Waals surface area contributed by atoms with E-state index >= 15 is 0 Å². The predicted octanol–water partition coefficient (Wildman–Crippen LogP) is 1.54. The number of nitrogens with one attached hydrogen (secondary N) is 1. The van der Waals surface area contributed by atoms with E-state index in [0.29, 0.717) is 24.9 Å². The number of ether oxygens (including phenoxy) is 1. The van der Waals surface area contributed by atoms with Gasteiger partial charge in [0.25, 0.3) is 0 Å². The summed E-state index contributed by atoms with van der Waals surface area (Å²) in [5, 5.41) is 7.12. The second kappa shape index (κ2) is 4.83. The van der Waals surface area contributed by atoms with Crippen molar-refractivity contribution in [3.8, 4) is 11.4 Å². The van der Waals surface area contributed by atoms with Crippen LogP contribution in [0.15, 0.2) is 28.8 Å². The maximum atomic E-state index is 12.8. The van der Waals surface area contributed by atoms with Crippen LogP contribution < -0.4 is 5.32 Å². The monoisotopic (exact) mass is 249 g/mol. The first kappa shape index (κ1) is 11.3. The molecule has 1 atom stereocenters. The summed E-state index contributed by atoms with van der Waals surface area (Å²) < 4.78 is 23.3. The number of nitrogens with zero attached hydrogens (tertiary/aromatic N) is 2. The summed E-state index contributed by atoms with van der Waals surface area (Å²) in [5.74, 6) is 0.663. The third-order valence-corrected chi connectivity index (χ3v) is 2.76. The third kappa shape index (κ3) is 2.25. The minimum absolute atomic E-state index is 0.0690. The Labute approximate surface area is 103 Å². The zero-order chi connectivity index (χ0) is 12.4. The average Bonchev–Trinajstić information content (AvgIpc) is 2.90. The first-order valence-corrected chi connectivity index (χ1v) is 5.73. The molecule has 1 saturated heterocycles. The van der Waals surface area contributed by atoms with Crippen molar-refractivity contribution in [3.05, 3.63) is 36.0 Å². The Balaban J connectivity index is 1.82. The summed E-state index contributed by atoms with van der Waals surface area (Å²) in [6.07, 6.45) is 0. The standard InChI is InChI=1S/C12H12FN3O2/c13-9-3-1-8(2-4-9)11-15-12(18-16-11)10-7-17-6-5-14-10/h1-4,10,14H,5-7H2. The van der Waals surface area contributed by atoms with Gasteiger partial charge in [0.15, 0.2) is 0 Å². The largest absolute Gasteiger partial charge is 0.378 e. The number of aromatic nitrogens is 2. The molecular weight excluding hydrogens is 237 g/mol. The van der Waals surface area contributed by atoms with Crippen LogP contribution in [0.5, 0.6) is 0 Å². The molecule has 0 radical (unpaired) electrons. The molecule has 2 heterocycles. The molecule has 1 aliphatic rings. The van der Waals surface area contributed by atoms with E-state index in [2.05, 4.69) is 15.5 Å². The molecule has 1 fully saturated rings. The quantitative estimate of drug-likeness (QED) is 0.874. The van der Waals surface area contributed by atoms with Crippen molar-refractivity contribution in [1.29, 1.82) is 0 Å². The van der Waals surface area contributed by atoms with Gasteiger partial charge in [-0.1, -0.05) is 5.16 Å². The van der Waals surface area contributed by atoms with E-state index in [0.717, 1.165) is 12.1 Å². The van der Waals surface area contributed by atoms with Gasteiger partial charge in [0, 0.05) is 12.1 Å². The molecule has 0 aliphatic carbocycles. The summed E-state index contributed by atoms with van der Waals surface area (Å²) in [7, 11) is 0. The van der Waals surface area contributed by atoms with Gasteiger partial charge in [-0.15, -0.1) is 0 Å². The van der Waals surface area contributed by atoms with Gasteiger partial charge in [-0.05, 0) is 24.3 Å². The maximum Gasteiger partial charge on any atom is 0.246 e. The molecule has 1 aromatic heterocycles. The highest BCUT2D eigenvalue weighted by atomic mass is 19.1. The van der Waals surface area contributed by atoms with Gasteiger partial charge in [0.1, 0.15) is 11.9 Å². The second-order valence-corrected chi connectivity index (χ2v) is 4.04. The fourth-order valence-electron chi connectivity index (χ4n) is 1.82. The van der Waals surface area contributed by atoms with Gasteiger partial charge in [-0.3, -0.25) is 0 Å². The normalized spacial score (nSPS) is 19.9. The molecule has 1 aromatic carbocycles. The van der Waals surface area contributed by atoms with Crippen molar-refractivity contribution < 1.29 is 13.7 Å². The molecular formula is C12H12FN3O2.